The molecule has 3 rings (SSSR count). The van der Waals surface area contributed by atoms with E-state index in [1.54, 1.807) is 30.0 Å². The van der Waals surface area contributed by atoms with Crippen molar-refractivity contribution < 1.29 is 9.72 Å². The van der Waals surface area contributed by atoms with Crippen molar-refractivity contribution in [3.8, 4) is 0 Å². The Morgan fingerprint density at radius 2 is 2.00 bits per heavy atom. The zero-order chi connectivity index (χ0) is 18.5. The SMILES string of the molecule is Br.O=C(CN(C1=NCCCS1)c1ccc(Cl)cc1)c1cccc([N+](=O)[O-])c1. The van der Waals surface area contributed by atoms with Gasteiger partial charge in [0.15, 0.2) is 11.0 Å². The zero-order valence-electron chi connectivity index (χ0n) is 14.2. The number of aliphatic imine (C=N–C) groups is 1. The first-order valence-corrected chi connectivity index (χ1v) is 9.39. The molecular weight excluding hydrogens is 454 g/mol. The molecule has 0 saturated heterocycles. The van der Waals surface area contributed by atoms with Crippen molar-refractivity contribution in [3.63, 3.8) is 0 Å². The molecule has 0 fully saturated rings. The molecule has 2 aromatic rings. The summed E-state index contributed by atoms with van der Waals surface area (Å²) in [6, 6.07) is 13.0. The van der Waals surface area contributed by atoms with E-state index in [4.69, 9.17) is 11.6 Å². The molecule has 0 radical (unpaired) electrons. The normalized spacial score (nSPS) is 13.3. The predicted octanol–water partition coefficient (Wildman–Crippen LogP) is 5.01. The molecule has 1 aliphatic heterocycles. The molecule has 6 nitrogen and oxygen atoms in total. The average Bonchev–Trinajstić information content (AvgIpc) is 2.67. The molecule has 27 heavy (non-hydrogen) atoms. The lowest BCUT2D eigenvalue weighted by Gasteiger charge is -2.27. The van der Waals surface area contributed by atoms with Crippen LogP contribution in [0.5, 0.6) is 0 Å². The van der Waals surface area contributed by atoms with Crippen LogP contribution >= 0.6 is 40.3 Å². The third-order valence-electron chi connectivity index (χ3n) is 3.83. The van der Waals surface area contributed by atoms with Crippen LogP contribution in [0.25, 0.3) is 0 Å². The molecule has 0 aliphatic carbocycles. The van der Waals surface area contributed by atoms with Crippen molar-refractivity contribution in [2.45, 2.75) is 6.42 Å². The Morgan fingerprint density at radius 3 is 2.63 bits per heavy atom. The number of rotatable bonds is 5. The zero-order valence-corrected chi connectivity index (χ0v) is 17.5. The maximum Gasteiger partial charge on any atom is 0.270 e. The minimum Gasteiger partial charge on any atom is -0.313 e. The number of amidine groups is 1. The molecular formula is C18H17BrClN3O3S. The fourth-order valence-corrected chi connectivity index (χ4v) is 3.62. The molecule has 0 aromatic heterocycles. The Labute approximate surface area is 176 Å². The van der Waals surface area contributed by atoms with Crippen LogP contribution in [0.4, 0.5) is 11.4 Å². The predicted molar refractivity (Wildman–Crippen MR) is 116 cm³/mol. The van der Waals surface area contributed by atoms with Crippen LogP contribution in [-0.4, -0.2) is 34.7 Å². The summed E-state index contributed by atoms with van der Waals surface area (Å²) < 4.78 is 0. The molecule has 0 unspecified atom stereocenters. The van der Waals surface area contributed by atoms with Gasteiger partial charge in [0, 0.05) is 40.7 Å². The monoisotopic (exact) mass is 469 g/mol. The number of anilines is 1. The number of nitro groups is 1. The highest BCUT2D eigenvalue weighted by Gasteiger charge is 2.21. The van der Waals surface area contributed by atoms with Gasteiger partial charge in [0.2, 0.25) is 0 Å². The number of hydrogen-bond acceptors (Lipinski definition) is 6. The van der Waals surface area contributed by atoms with E-state index in [0.717, 1.165) is 29.6 Å². The second-order valence-electron chi connectivity index (χ2n) is 5.66. The van der Waals surface area contributed by atoms with Gasteiger partial charge in [0.1, 0.15) is 0 Å². The van der Waals surface area contributed by atoms with Crippen LogP contribution in [0.2, 0.25) is 5.02 Å². The first-order valence-electron chi connectivity index (χ1n) is 8.02. The summed E-state index contributed by atoms with van der Waals surface area (Å²) in [6.45, 7) is 0.770. The van der Waals surface area contributed by atoms with E-state index in [-0.39, 0.29) is 35.0 Å². The Kier molecular flexibility index (Phi) is 7.82. The number of hydrogen-bond donors (Lipinski definition) is 0. The van der Waals surface area contributed by atoms with E-state index >= 15 is 0 Å². The van der Waals surface area contributed by atoms with Gasteiger partial charge < -0.3 is 4.90 Å². The summed E-state index contributed by atoms with van der Waals surface area (Å²) in [5.41, 5.74) is 1.01. The number of nitrogens with zero attached hydrogens (tertiary/aromatic N) is 3. The fraction of sp³-hybridized carbons (Fsp3) is 0.222. The van der Waals surface area contributed by atoms with E-state index in [1.165, 1.54) is 18.2 Å². The molecule has 2 aromatic carbocycles. The first kappa shape index (κ1) is 21.4. The molecule has 1 heterocycles. The van der Waals surface area contributed by atoms with Crippen LogP contribution in [0.1, 0.15) is 16.8 Å². The topological polar surface area (TPSA) is 75.8 Å². The van der Waals surface area contributed by atoms with Crippen LogP contribution in [0, 0.1) is 10.1 Å². The van der Waals surface area contributed by atoms with Crippen LogP contribution in [0.15, 0.2) is 53.5 Å². The Bertz CT molecular complexity index is 861. The van der Waals surface area contributed by atoms with Gasteiger partial charge >= 0.3 is 0 Å². The van der Waals surface area contributed by atoms with Gasteiger partial charge in [-0.25, -0.2) is 0 Å². The molecule has 0 atom stereocenters. The van der Waals surface area contributed by atoms with Gasteiger partial charge in [0.25, 0.3) is 5.69 Å². The Morgan fingerprint density at radius 1 is 1.26 bits per heavy atom. The smallest absolute Gasteiger partial charge is 0.270 e. The molecule has 0 bridgehead atoms. The van der Waals surface area contributed by atoms with Crippen molar-refractivity contribution in [2.75, 3.05) is 23.7 Å². The van der Waals surface area contributed by atoms with Gasteiger partial charge in [-0.05, 0) is 30.7 Å². The lowest BCUT2D eigenvalue weighted by atomic mass is 10.1. The molecule has 0 N–H and O–H groups in total. The first-order chi connectivity index (χ1) is 12.5. The van der Waals surface area contributed by atoms with E-state index in [0.29, 0.717) is 10.6 Å². The number of non-ortho nitro benzene ring substituents is 1. The maximum atomic E-state index is 12.8. The van der Waals surface area contributed by atoms with E-state index in [2.05, 4.69) is 4.99 Å². The summed E-state index contributed by atoms with van der Waals surface area (Å²) in [4.78, 5) is 29.6. The van der Waals surface area contributed by atoms with Crippen molar-refractivity contribution in [1.82, 2.24) is 0 Å². The summed E-state index contributed by atoms with van der Waals surface area (Å²) in [7, 11) is 0. The molecule has 0 amide bonds. The van der Waals surface area contributed by atoms with Crippen molar-refractivity contribution in [1.29, 1.82) is 0 Å². The number of carbonyl (C=O) groups is 1. The number of benzene rings is 2. The maximum absolute atomic E-state index is 12.8. The minimum atomic E-state index is -0.505. The highest BCUT2D eigenvalue weighted by Crippen LogP contribution is 2.25. The minimum absolute atomic E-state index is 0. The number of ketones is 1. The van der Waals surface area contributed by atoms with Gasteiger partial charge in [-0.2, -0.15) is 0 Å². The number of nitro benzene ring substituents is 1. The summed E-state index contributed by atoms with van der Waals surface area (Å²) in [5.74, 6) is 0.728. The van der Waals surface area contributed by atoms with Gasteiger partial charge in [-0.15, -0.1) is 17.0 Å². The van der Waals surface area contributed by atoms with Crippen molar-refractivity contribution >= 4 is 62.7 Å². The quantitative estimate of drug-likeness (QED) is 0.349. The highest BCUT2D eigenvalue weighted by molar-refractivity contribution is 8.93. The molecule has 1 aliphatic rings. The number of thioether (sulfide) groups is 1. The summed E-state index contributed by atoms with van der Waals surface area (Å²) in [5, 5.41) is 12.3. The van der Waals surface area contributed by atoms with Gasteiger partial charge in [0.05, 0.1) is 11.5 Å². The second kappa shape index (κ2) is 9.87. The van der Waals surface area contributed by atoms with Gasteiger partial charge in [-0.3, -0.25) is 19.9 Å². The Hall–Kier alpha value is -1.90. The third kappa shape index (κ3) is 5.54. The average molecular weight is 471 g/mol. The number of carbonyl (C=O) groups excluding carboxylic acids is 1. The molecule has 9 heteroatoms. The third-order valence-corrected chi connectivity index (χ3v) is 5.18. The molecule has 0 spiro atoms. The molecule has 0 saturated carbocycles. The lowest BCUT2D eigenvalue weighted by molar-refractivity contribution is -0.384. The fourth-order valence-electron chi connectivity index (χ4n) is 2.53. The van der Waals surface area contributed by atoms with Crippen LogP contribution in [-0.2, 0) is 0 Å². The van der Waals surface area contributed by atoms with E-state index in [9.17, 15) is 14.9 Å². The molecule has 142 valence electrons. The van der Waals surface area contributed by atoms with Crippen LogP contribution < -0.4 is 4.90 Å². The van der Waals surface area contributed by atoms with Crippen molar-refractivity contribution in [2.24, 2.45) is 4.99 Å². The summed E-state index contributed by atoms with van der Waals surface area (Å²) in [6.07, 6.45) is 1.00. The second-order valence-corrected chi connectivity index (χ2v) is 7.16. The Balaban J connectivity index is 0.00000261. The summed E-state index contributed by atoms with van der Waals surface area (Å²) >= 11 is 7.56. The largest absolute Gasteiger partial charge is 0.313 e. The van der Waals surface area contributed by atoms with Gasteiger partial charge in [-0.1, -0.05) is 35.5 Å². The van der Waals surface area contributed by atoms with Crippen molar-refractivity contribution in [3.05, 3.63) is 69.2 Å². The van der Waals surface area contributed by atoms with Crippen LogP contribution in [0.3, 0.4) is 0 Å². The lowest BCUT2D eigenvalue weighted by Crippen LogP contribution is -2.35. The number of halogens is 2. The van der Waals surface area contributed by atoms with E-state index in [1.807, 2.05) is 17.0 Å². The standard InChI is InChI=1S/C18H16ClN3O3S.BrH/c19-14-5-7-15(8-6-14)21(18-20-9-2-10-26-18)12-17(23)13-3-1-4-16(11-13)22(24)25;/h1,3-8,11H,2,9-10,12H2;1H. The number of Topliss-reactive ketones (excluding diaryl/α,β-unsaturated/α-hetero) is 1. The van der Waals surface area contributed by atoms with E-state index < -0.39 is 4.92 Å². The highest BCUT2D eigenvalue weighted by atomic mass is 79.9.